The third-order valence-electron chi connectivity index (χ3n) is 16.1. The largest absolute Gasteiger partial charge is 0.507 e. The zero-order chi connectivity index (χ0) is 53.7. The third kappa shape index (κ3) is 7.65. The van der Waals surface area contributed by atoms with Gasteiger partial charge in [-0.2, -0.15) is 0 Å². The van der Waals surface area contributed by atoms with E-state index in [0.29, 0.717) is 22.9 Å². The van der Waals surface area contributed by atoms with Crippen molar-refractivity contribution in [3.63, 3.8) is 0 Å². The van der Waals surface area contributed by atoms with E-state index in [1.165, 1.54) is 22.3 Å². The fraction of sp³-hybridized carbons (Fsp3) is 0.200. The number of aromatic hydroxyl groups is 1. The van der Waals surface area contributed by atoms with Crippen LogP contribution in [0.5, 0.6) is 28.7 Å². The second-order valence-corrected chi connectivity index (χ2v) is 23.9. The molecule has 0 unspecified atom stereocenters. The minimum absolute atomic E-state index is 0. The molecule has 0 spiro atoms. The number of rotatable bonds is 6. The van der Waals surface area contributed by atoms with E-state index in [0.717, 1.165) is 106 Å². The summed E-state index contributed by atoms with van der Waals surface area (Å²) in [5.41, 5.74) is 17.8. The summed E-state index contributed by atoms with van der Waals surface area (Å²) in [5.74, 6) is 3.99. The minimum atomic E-state index is -0.361. The maximum atomic E-state index is 12.8. The van der Waals surface area contributed by atoms with Crippen LogP contribution in [-0.4, -0.2) is 24.0 Å². The van der Waals surface area contributed by atoms with Gasteiger partial charge in [-0.15, -0.1) is 0 Å². The van der Waals surface area contributed by atoms with E-state index in [9.17, 15) is 5.11 Å². The summed E-state index contributed by atoms with van der Waals surface area (Å²) < 4.78 is 18.5. The molecular formula is C70H60N5O3Pt-. The monoisotopic (exact) mass is 1210 g/mol. The number of nitrogens with zero attached hydrogens (tertiary/aromatic N) is 5. The first kappa shape index (κ1) is 50.3. The number of phenolic OH excluding ortho intramolecular Hbond substituents is 1. The smallest absolute Gasteiger partial charge is 0.149 e. The molecule has 394 valence electrons. The number of pyridine rings is 1. The van der Waals surface area contributed by atoms with Gasteiger partial charge in [-0.25, -0.2) is 4.98 Å². The SMILES string of the molecule is CC(C)c1cc(-c2ccccc2)cc(C(C)C)c1-n1c(-c2cc(C(C)(C)C)cc(C(C)(C)C)c2O)nc2c(-c3cccc4c3nc3c5[c-]c6c7c(c5c5ccccc5n43)Oc3ccccc3N7c3ccccc3O6)cccc21.[Pt]. The molecule has 0 amide bonds. The first-order valence-electron chi connectivity index (χ1n) is 27.3. The van der Waals surface area contributed by atoms with Crippen LogP contribution in [0.1, 0.15) is 103 Å². The van der Waals surface area contributed by atoms with Crippen molar-refractivity contribution in [2.24, 2.45) is 0 Å². The van der Waals surface area contributed by atoms with E-state index in [2.05, 4.69) is 217 Å². The Hall–Kier alpha value is -8.19. The molecule has 9 heteroatoms. The van der Waals surface area contributed by atoms with Gasteiger partial charge < -0.3 is 23.9 Å². The van der Waals surface area contributed by atoms with Gasteiger partial charge in [0.25, 0.3) is 0 Å². The van der Waals surface area contributed by atoms with Gasteiger partial charge in [0.05, 0.1) is 61.8 Å². The van der Waals surface area contributed by atoms with Gasteiger partial charge in [-0.05, 0) is 117 Å². The summed E-state index contributed by atoms with van der Waals surface area (Å²) >= 11 is 0. The molecule has 79 heavy (non-hydrogen) atoms. The van der Waals surface area contributed by atoms with Crippen molar-refractivity contribution in [1.82, 2.24) is 18.9 Å². The standard InChI is InChI=1S/C70H60N5O3.Pt/c1-39(2)47-34-42(41-22-12-11-13-23-41)35-48(40(3)4)63(47)75-56-31-21-26-45(62(56)72-68(75)50-36-43(69(5,6)7)37-51(65(50)76)70(8,9)10)44-25-20-30-55-61(44)71-67-49-38-59-64-66(60(49)46-24-14-15-27-52(46)74(55)67)78-58-33-19-17-29-54(58)73(64)53-28-16-18-32-57(53)77-59;/h11-37,39-40,76H,1-10H3;/q-1;. The Bertz CT molecular complexity index is 4460. The Balaban J connectivity index is 0.00000591. The summed E-state index contributed by atoms with van der Waals surface area (Å²) in [6.45, 7) is 22.4. The predicted octanol–water partition coefficient (Wildman–Crippen LogP) is 19.2. The number of hydrogen-bond acceptors (Lipinski definition) is 6. The average molecular weight is 1210 g/mol. The first-order valence-corrected chi connectivity index (χ1v) is 27.3. The van der Waals surface area contributed by atoms with Gasteiger partial charge in [0.1, 0.15) is 23.1 Å². The molecule has 12 aromatic rings. The van der Waals surface area contributed by atoms with E-state index >= 15 is 0 Å². The van der Waals surface area contributed by atoms with Crippen LogP contribution in [0, 0.1) is 6.07 Å². The van der Waals surface area contributed by atoms with Crippen molar-refractivity contribution in [2.75, 3.05) is 4.90 Å². The Labute approximate surface area is 475 Å². The van der Waals surface area contributed by atoms with Crippen LogP contribution in [0.25, 0.3) is 88.7 Å². The summed E-state index contributed by atoms with van der Waals surface area (Å²) in [7, 11) is 0. The van der Waals surface area contributed by atoms with Crippen LogP contribution in [0.15, 0.2) is 164 Å². The van der Waals surface area contributed by atoms with Gasteiger partial charge in [0.15, 0.2) is 0 Å². The predicted molar refractivity (Wildman–Crippen MR) is 320 cm³/mol. The van der Waals surface area contributed by atoms with Crippen molar-refractivity contribution >= 4 is 66.5 Å². The molecule has 3 aromatic heterocycles. The molecule has 0 fully saturated rings. The molecule has 2 aliphatic heterocycles. The van der Waals surface area contributed by atoms with Gasteiger partial charge in [0.2, 0.25) is 0 Å². The molecule has 1 N–H and O–H groups in total. The van der Waals surface area contributed by atoms with Crippen molar-refractivity contribution in [1.29, 1.82) is 0 Å². The third-order valence-corrected chi connectivity index (χ3v) is 16.1. The molecule has 2 aliphatic rings. The number of aromatic nitrogens is 4. The maximum Gasteiger partial charge on any atom is 0.149 e. The van der Waals surface area contributed by atoms with E-state index < -0.39 is 0 Å². The van der Waals surface area contributed by atoms with E-state index in [-0.39, 0.29) is 49.5 Å². The number of imidazole rings is 2. The zero-order valence-electron chi connectivity index (χ0n) is 46.1. The fourth-order valence-electron chi connectivity index (χ4n) is 12.2. The van der Waals surface area contributed by atoms with Gasteiger partial charge in [0, 0.05) is 49.0 Å². The van der Waals surface area contributed by atoms with Gasteiger partial charge in [-0.3, -0.25) is 9.55 Å². The van der Waals surface area contributed by atoms with Crippen LogP contribution in [-0.2, 0) is 31.9 Å². The van der Waals surface area contributed by atoms with Gasteiger partial charge >= 0.3 is 0 Å². The van der Waals surface area contributed by atoms with Crippen LogP contribution in [0.3, 0.4) is 0 Å². The minimum Gasteiger partial charge on any atom is -0.507 e. The van der Waals surface area contributed by atoms with Crippen LogP contribution < -0.4 is 14.4 Å². The summed E-state index contributed by atoms with van der Waals surface area (Å²) in [4.78, 5) is 13.8. The molecule has 0 saturated carbocycles. The molecular weight excluding hydrogens is 1150 g/mol. The Kier molecular flexibility index (Phi) is 11.6. The molecule has 14 rings (SSSR count). The quantitative estimate of drug-likeness (QED) is 0.132. The summed E-state index contributed by atoms with van der Waals surface area (Å²) in [6.07, 6.45) is 0. The average Bonchev–Trinajstić information content (AvgIpc) is 4.09. The van der Waals surface area contributed by atoms with Crippen LogP contribution >= 0.6 is 0 Å². The molecule has 0 atom stereocenters. The number of phenols is 1. The first-order chi connectivity index (χ1) is 37.5. The second-order valence-electron chi connectivity index (χ2n) is 23.9. The number of ether oxygens (including phenoxy) is 2. The fourth-order valence-corrected chi connectivity index (χ4v) is 12.2. The molecule has 5 heterocycles. The Morgan fingerprint density at radius 3 is 1.77 bits per heavy atom. The van der Waals surface area contributed by atoms with Gasteiger partial charge in [-0.1, -0.05) is 189 Å². The van der Waals surface area contributed by atoms with Crippen molar-refractivity contribution in [2.45, 2.75) is 91.9 Å². The number of anilines is 3. The second kappa shape index (κ2) is 18.2. The molecule has 0 bridgehead atoms. The number of hydrogen-bond donors (Lipinski definition) is 1. The van der Waals surface area contributed by atoms with Crippen molar-refractivity contribution in [3.8, 4) is 68.1 Å². The number of para-hydroxylation sites is 7. The Morgan fingerprint density at radius 2 is 1.13 bits per heavy atom. The van der Waals surface area contributed by atoms with E-state index in [1.807, 2.05) is 36.4 Å². The molecule has 9 aromatic carbocycles. The van der Waals surface area contributed by atoms with E-state index in [4.69, 9.17) is 19.4 Å². The molecule has 0 aliphatic carbocycles. The molecule has 0 radical (unpaired) electrons. The number of benzene rings is 9. The van der Waals surface area contributed by atoms with E-state index in [1.54, 1.807) is 0 Å². The summed E-state index contributed by atoms with van der Waals surface area (Å²) in [5, 5.41) is 15.5. The van der Waals surface area contributed by atoms with Crippen molar-refractivity contribution < 1.29 is 35.6 Å². The van der Waals surface area contributed by atoms with Crippen molar-refractivity contribution in [3.05, 3.63) is 192 Å². The Morgan fingerprint density at radius 1 is 0.544 bits per heavy atom. The topological polar surface area (TPSA) is 77.0 Å². The maximum absolute atomic E-state index is 12.8. The zero-order valence-corrected chi connectivity index (χ0v) is 48.3. The summed E-state index contributed by atoms with van der Waals surface area (Å²) in [6, 6.07) is 61.4. The van der Waals surface area contributed by atoms with Crippen LogP contribution in [0.4, 0.5) is 17.1 Å². The normalized spacial score (nSPS) is 13.0. The molecule has 8 nitrogen and oxygen atoms in total. The van der Waals surface area contributed by atoms with Crippen LogP contribution in [0.2, 0.25) is 0 Å². The molecule has 0 saturated heterocycles. The number of fused-ring (bicyclic) bond motifs is 14.